The summed E-state index contributed by atoms with van der Waals surface area (Å²) in [7, 11) is 1.79. The summed E-state index contributed by atoms with van der Waals surface area (Å²) in [5, 5.41) is 0.646. The number of hydrogen-bond acceptors (Lipinski definition) is 7. The number of aromatic nitrogens is 6. The Bertz CT molecular complexity index is 1250. The van der Waals surface area contributed by atoms with E-state index < -0.39 is 0 Å². The van der Waals surface area contributed by atoms with Crippen molar-refractivity contribution in [2.24, 2.45) is 7.05 Å². The van der Waals surface area contributed by atoms with Crippen LogP contribution in [0.5, 0.6) is 0 Å². The van der Waals surface area contributed by atoms with Crippen LogP contribution in [0.1, 0.15) is 6.92 Å². The van der Waals surface area contributed by atoms with Gasteiger partial charge in [0.25, 0.3) is 5.56 Å². The van der Waals surface area contributed by atoms with E-state index in [1.165, 1.54) is 0 Å². The molecule has 4 aromatic rings. The largest absolute Gasteiger partial charge is 0.351 e. The predicted molar refractivity (Wildman–Crippen MR) is 112 cm³/mol. The van der Waals surface area contributed by atoms with E-state index in [9.17, 15) is 4.79 Å². The highest BCUT2D eigenvalue weighted by molar-refractivity contribution is 5.83. The van der Waals surface area contributed by atoms with Crippen molar-refractivity contribution in [3.63, 3.8) is 0 Å². The lowest BCUT2D eigenvalue weighted by molar-refractivity contribution is 0.619. The van der Waals surface area contributed by atoms with E-state index >= 15 is 0 Å². The second-order valence-electron chi connectivity index (χ2n) is 7.17. The number of fused-ring (bicyclic) bond motifs is 2. The number of aryl methyl sites for hydroxylation is 1. The number of rotatable bonds is 3. The van der Waals surface area contributed by atoms with E-state index in [2.05, 4.69) is 31.7 Å². The maximum Gasteiger partial charge on any atom is 0.262 e. The average Bonchev–Trinajstić information content (AvgIpc) is 3.20. The molecule has 29 heavy (non-hydrogen) atoms. The van der Waals surface area contributed by atoms with E-state index in [0.717, 1.165) is 55.2 Å². The van der Waals surface area contributed by atoms with Crippen LogP contribution in [0.25, 0.3) is 22.1 Å². The van der Waals surface area contributed by atoms with Crippen LogP contribution in [0.3, 0.4) is 0 Å². The normalized spacial score (nSPS) is 14.8. The summed E-state index contributed by atoms with van der Waals surface area (Å²) in [6.45, 7) is 5.93. The Kier molecular flexibility index (Phi) is 4.15. The van der Waals surface area contributed by atoms with Crippen LogP contribution in [-0.2, 0) is 13.6 Å². The van der Waals surface area contributed by atoms with Gasteiger partial charge < -0.3 is 14.4 Å². The molecule has 1 aliphatic rings. The van der Waals surface area contributed by atoms with Gasteiger partial charge in [0.2, 0.25) is 5.95 Å². The molecule has 3 aromatic heterocycles. The molecule has 148 valence electrons. The van der Waals surface area contributed by atoms with Crippen LogP contribution in [0.4, 0.5) is 11.8 Å². The molecule has 0 spiro atoms. The lowest BCUT2D eigenvalue weighted by Crippen LogP contribution is -2.48. The maximum absolute atomic E-state index is 12.7. The zero-order chi connectivity index (χ0) is 20.0. The van der Waals surface area contributed by atoms with Gasteiger partial charge in [0, 0.05) is 39.8 Å². The monoisotopic (exact) mass is 390 g/mol. The van der Waals surface area contributed by atoms with Crippen LogP contribution in [-0.4, -0.2) is 55.2 Å². The molecule has 0 amide bonds. The Labute approximate surface area is 167 Å². The van der Waals surface area contributed by atoms with Crippen LogP contribution in [0.2, 0.25) is 0 Å². The molecule has 9 nitrogen and oxygen atoms in total. The minimum Gasteiger partial charge on any atom is -0.351 e. The van der Waals surface area contributed by atoms with Crippen molar-refractivity contribution in [1.82, 2.24) is 29.1 Å². The molecule has 1 aliphatic heterocycles. The standard InChI is InChI=1S/C20H22N8O/c1-3-26-13-23-16-17(26)21-12-22-18(16)27-8-10-28(11-9-27)20-24-15-7-5-4-6-14(15)19(29)25(20)2/h4-7,12-13H,3,8-11H2,1-2H3. The van der Waals surface area contributed by atoms with Gasteiger partial charge in [0.15, 0.2) is 17.0 Å². The SMILES string of the molecule is CCn1cnc2c(N3CCN(c4nc5ccccc5c(=O)n4C)CC3)ncnc21. The van der Waals surface area contributed by atoms with Crippen LogP contribution >= 0.6 is 0 Å². The van der Waals surface area contributed by atoms with Gasteiger partial charge in [-0.1, -0.05) is 12.1 Å². The van der Waals surface area contributed by atoms with Gasteiger partial charge in [0.05, 0.1) is 17.2 Å². The molecular formula is C20H22N8O. The molecule has 1 saturated heterocycles. The van der Waals surface area contributed by atoms with Gasteiger partial charge in [-0.05, 0) is 19.1 Å². The fourth-order valence-electron chi connectivity index (χ4n) is 3.94. The van der Waals surface area contributed by atoms with Crippen molar-refractivity contribution in [2.75, 3.05) is 36.0 Å². The second-order valence-corrected chi connectivity index (χ2v) is 7.17. The van der Waals surface area contributed by atoms with Crippen LogP contribution in [0.15, 0.2) is 41.7 Å². The first-order chi connectivity index (χ1) is 14.2. The van der Waals surface area contributed by atoms with Crippen molar-refractivity contribution < 1.29 is 0 Å². The smallest absolute Gasteiger partial charge is 0.262 e. The fourth-order valence-corrected chi connectivity index (χ4v) is 3.94. The highest BCUT2D eigenvalue weighted by atomic mass is 16.1. The summed E-state index contributed by atoms with van der Waals surface area (Å²) < 4.78 is 3.66. The molecule has 0 unspecified atom stereocenters. The Morgan fingerprint density at radius 1 is 1.00 bits per heavy atom. The Morgan fingerprint density at radius 3 is 2.55 bits per heavy atom. The topological polar surface area (TPSA) is 85.0 Å². The van der Waals surface area contributed by atoms with Gasteiger partial charge in [-0.3, -0.25) is 9.36 Å². The van der Waals surface area contributed by atoms with Gasteiger partial charge in [-0.2, -0.15) is 0 Å². The van der Waals surface area contributed by atoms with E-state index in [0.29, 0.717) is 11.3 Å². The van der Waals surface area contributed by atoms with Crippen molar-refractivity contribution in [3.05, 3.63) is 47.3 Å². The van der Waals surface area contributed by atoms with Crippen molar-refractivity contribution in [2.45, 2.75) is 13.5 Å². The van der Waals surface area contributed by atoms with E-state index in [-0.39, 0.29) is 5.56 Å². The lowest BCUT2D eigenvalue weighted by atomic mass is 10.2. The number of para-hydroxylation sites is 1. The zero-order valence-electron chi connectivity index (χ0n) is 16.5. The molecule has 0 N–H and O–H groups in total. The summed E-state index contributed by atoms with van der Waals surface area (Å²) in [6.07, 6.45) is 3.42. The molecule has 9 heteroatoms. The van der Waals surface area contributed by atoms with Crippen molar-refractivity contribution in [3.8, 4) is 0 Å². The number of nitrogens with zero attached hydrogens (tertiary/aromatic N) is 8. The third-order valence-electron chi connectivity index (χ3n) is 5.54. The molecule has 1 fully saturated rings. The first-order valence-corrected chi connectivity index (χ1v) is 9.79. The summed E-state index contributed by atoms with van der Waals surface area (Å²) in [5.41, 5.74) is 2.41. The van der Waals surface area contributed by atoms with E-state index in [1.807, 2.05) is 35.2 Å². The molecule has 0 radical (unpaired) electrons. The van der Waals surface area contributed by atoms with Crippen LogP contribution < -0.4 is 15.4 Å². The molecule has 4 heterocycles. The minimum absolute atomic E-state index is 0.0179. The minimum atomic E-state index is -0.0179. The fraction of sp³-hybridized carbons (Fsp3) is 0.350. The summed E-state index contributed by atoms with van der Waals surface area (Å²) in [5.74, 6) is 1.57. The Hall–Kier alpha value is -3.49. The zero-order valence-corrected chi connectivity index (χ0v) is 16.5. The molecule has 1 aromatic carbocycles. The lowest BCUT2D eigenvalue weighted by Gasteiger charge is -2.36. The number of benzene rings is 1. The summed E-state index contributed by atoms with van der Waals surface area (Å²) in [6, 6.07) is 7.48. The Balaban J connectivity index is 1.43. The third kappa shape index (κ3) is 2.81. The van der Waals surface area contributed by atoms with Gasteiger partial charge in [-0.15, -0.1) is 0 Å². The van der Waals surface area contributed by atoms with Gasteiger partial charge >= 0.3 is 0 Å². The quantitative estimate of drug-likeness (QED) is 0.523. The summed E-state index contributed by atoms with van der Waals surface area (Å²) >= 11 is 0. The first kappa shape index (κ1) is 17.6. The molecule has 5 rings (SSSR count). The van der Waals surface area contributed by atoms with E-state index in [1.54, 1.807) is 17.9 Å². The van der Waals surface area contributed by atoms with Crippen molar-refractivity contribution in [1.29, 1.82) is 0 Å². The average molecular weight is 390 g/mol. The number of hydrogen-bond donors (Lipinski definition) is 0. The van der Waals surface area contributed by atoms with Crippen LogP contribution in [0, 0.1) is 0 Å². The second kappa shape index (κ2) is 6.84. The molecule has 0 saturated carbocycles. The van der Waals surface area contributed by atoms with E-state index in [4.69, 9.17) is 4.98 Å². The number of imidazole rings is 1. The Morgan fingerprint density at radius 2 is 1.76 bits per heavy atom. The predicted octanol–water partition coefficient (Wildman–Crippen LogP) is 1.42. The molecular weight excluding hydrogens is 368 g/mol. The molecule has 0 aliphatic carbocycles. The third-order valence-corrected chi connectivity index (χ3v) is 5.54. The highest BCUT2D eigenvalue weighted by Gasteiger charge is 2.24. The highest BCUT2D eigenvalue weighted by Crippen LogP contribution is 2.24. The molecule has 0 atom stereocenters. The number of piperazine rings is 1. The van der Waals surface area contributed by atoms with Gasteiger partial charge in [-0.25, -0.2) is 19.9 Å². The maximum atomic E-state index is 12.7. The van der Waals surface area contributed by atoms with Crippen molar-refractivity contribution >= 4 is 33.8 Å². The van der Waals surface area contributed by atoms with Gasteiger partial charge in [0.1, 0.15) is 6.33 Å². The summed E-state index contributed by atoms with van der Waals surface area (Å²) in [4.78, 5) is 35.3. The molecule has 0 bridgehead atoms. The first-order valence-electron chi connectivity index (χ1n) is 9.79. The number of anilines is 2.